The van der Waals surface area contributed by atoms with Gasteiger partial charge in [0.25, 0.3) is 0 Å². The Hall–Kier alpha value is -0.580. The Kier molecular flexibility index (Phi) is 4.35. The van der Waals surface area contributed by atoms with Crippen molar-refractivity contribution in [2.45, 2.75) is 19.5 Å². The van der Waals surface area contributed by atoms with Gasteiger partial charge in [-0.3, -0.25) is 0 Å². The fourth-order valence-corrected chi connectivity index (χ4v) is 1.60. The summed E-state index contributed by atoms with van der Waals surface area (Å²) in [5.41, 5.74) is -0.625. The largest absolute Gasteiger partial charge is 0.419 e. The number of alkyl halides is 4. The van der Waals surface area contributed by atoms with Gasteiger partial charge in [-0.1, -0.05) is 28.9 Å². The zero-order valence-corrected chi connectivity index (χ0v) is 10.2. The minimum Gasteiger partial charge on any atom is -0.206 e. The Morgan fingerprint density at radius 1 is 1.31 bits per heavy atom. The standard InChI is InChI=1S/C11H11BrF4/c1-7(6-12)4-8-2-3-9(10(13)5-8)11(14,15)16/h2-3,5,7H,4,6H2,1H3. The van der Waals surface area contributed by atoms with Crippen molar-refractivity contribution in [1.29, 1.82) is 0 Å². The molecule has 0 heterocycles. The predicted molar refractivity (Wildman–Crippen MR) is 58.1 cm³/mol. The summed E-state index contributed by atoms with van der Waals surface area (Å²) >= 11 is 3.26. The molecule has 0 N–H and O–H groups in total. The van der Waals surface area contributed by atoms with Gasteiger partial charge >= 0.3 is 6.18 Å². The maximum Gasteiger partial charge on any atom is 0.419 e. The van der Waals surface area contributed by atoms with E-state index in [2.05, 4.69) is 15.9 Å². The molecule has 1 unspecified atom stereocenters. The third kappa shape index (κ3) is 3.47. The zero-order chi connectivity index (χ0) is 12.3. The lowest BCUT2D eigenvalue weighted by Gasteiger charge is -2.11. The molecule has 0 amide bonds. The summed E-state index contributed by atoms with van der Waals surface area (Å²) < 4.78 is 50.0. The molecule has 0 aliphatic heterocycles. The van der Waals surface area contributed by atoms with E-state index in [1.54, 1.807) is 0 Å². The molecular formula is C11H11BrF4. The van der Waals surface area contributed by atoms with Gasteiger partial charge in [-0.05, 0) is 30.0 Å². The quantitative estimate of drug-likeness (QED) is 0.572. The molecule has 1 rings (SSSR count). The van der Waals surface area contributed by atoms with Crippen LogP contribution < -0.4 is 0 Å². The molecule has 0 nitrogen and oxygen atoms in total. The first-order valence-corrected chi connectivity index (χ1v) is 5.88. The van der Waals surface area contributed by atoms with Crippen LogP contribution in [0.1, 0.15) is 18.1 Å². The van der Waals surface area contributed by atoms with Crippen molar-refractivity contribution < 1.29 is 17.6 Å². The van der Waals surface area contributed by atoms with Crippen LogP contribution in [-0.2, 0) is 12.6 Å². The van der Waals surface area contributed by atoms with Crippen molar-refractivity contribution in [2.75, 3.05) is 5.33 Å². The van der Waals surface area contributed by atoms with Crippen molar-refractivity contribution in [1.82, 2.24) is 0 Å². The average molecular weight is 299 g/mol. The van der Waals surface area contributed by atoms with Gasteiger partial charge in [0.1, 0.15) is 5.82 Å². The van der Waals surface area contributed by atoms with Gasteiger partial charge < -0.3 is 0 Å². The van der Waals surface area contributed by atoms with Crippen molar-refractivity contribution >= 4 is 15.9 Å². The molecule has 0 saturated heterocycles. The van der Waals surface area contributed by atoms with Crippen molar-refractivity contribution in [3.05, 3.63) is 35.1 Å². The van der Waals surface area contributed by atoms with E-state index < -0.39 is 17.6 Å². The second-order valence-corrected chi connectivity index (χ2v) is 4.42. The lowest BCUT2D eigenvalue weighted by atomic mass is 10.0. The van der Waals surface area contributed by atoms with Crippen LogP contribution >= 0.6 is 15.9 Å². The smallest absolute Gasteiger partial charge is 0.206 e. The molecular weight excluding hydrogens is 288 g/mol. The predicted octanol–water partition coefficient (Wildman–Crippen LogP) is 4.42. The number of rotatable bonds is 3. The SMILES string of the molecule is CC(CBr)Cc1ccc(C(F)(F)F)c(F)c1. The fraction of sp³-hybridized carbons (Fsp3) is 0.455. The highest BCUT2D eigenvalue weighted by atomic mass is 79.9. The Morgan fingerprint density at radius 2 is 1.94 bits per heavy atom. The summed E-state index contributed by atoms with van der Waals surface area (Å²) in [5, 5.41) is 0.732. The van der Waals surface area contributed by atoms with Gasteiger partial charge in [-0.25, -0.2) is 4.39 Å². The van der Waals surface area contributed by atoms with Crippen LogP contribution in [0, 0.1) is 11.7 Å². The highest BCUT2D eigenvalue weighted by Gasteiger charge is 2.33. The molecule has 5 heteroatoms. The lowest BCUT2D eigenvalue weighted by Crippen LogP contribution is -2.09. The van der Waals surface area contributed by atoms with Gasteiger partial charge in [0.05, 0.1) is 5.56 Å². The Bertz CT molecular complexity index is 359. The van der Waals surface area contributed by atoms with Gasteiger partial charge in [-0.2, -0.15) is 13.2 Å². The van der Waals surface area contributed by atoms with Gasteiger partial charge in [-0.15, -0.1) is 0 Å². The topological polar surface area (TPSA) is 0 Å². The van der Waals surface area contributed by atoms with Crippen LogP contribution in [0.2, 0.25) is 0 Å². The molecule has 0 aliphatic rings. The Morgan fingerprint density at radius 3 is 2.38 bits per heavy atom. The summed E-state index contributed by atoms with van der Waals surface area (Å²) in [7, 11) is 0. The molecule has 0 spiro atoms. The monoisotopic (exact) mass is 298 g/mol. The summed E-state index contributed by atoms with van der Waals surface area (Å²) in [4.78, 5) is 0. The highest BCUT2D eigenvalue weighted by Crippen LogP contribution is 2.31. The average Bonchev–Trinajstić information content (AvgIpc) is 2.15. The number of hydrogen-bond acceptors (Lipinski definition) is 0. The molecule has 1 atom stereocenters. The van der Waals surface area contributed by atoms with E-state index in [1.165, 1.54) is 6.07 Å². The van der Waals surface area contributed by atoms with E-state index in [4.69, 9.17) is 0 Å². The molecule has 90 valence electrons. The van der Waals surface area contributed by atoms with E-state index >= 15 is 0 Å². The molecule has 0 radical (unpaired) electrons. The van der Waals surface area contributed by atoms with E-state index in [0.717, 1.165) is 17.5 Å². The lowest BCUT2D eigenvalue weighted by molar-refractivity contribution is -0.140. The van der Waals surface area contributed by atoms with E-state index in [9.17, 15) is 17.6 Å². The van der Waals surface area contributed by atoms with Gasteiger partial charge in [0, 0.05) is 5.33 Å². The van der Waals surface area contributed by atoms with Crippen molar-refractivity contribution in [3.8, 4) is 0 Å². The zero-order valence-electron chi connectivity index (χ0n) is 8.61. The maximum absolute atomic E-state index is 13.2. The third-order valence-electron chi connectivity index (χ3n) is 2.19. The van der Waals surface area contributed by atoms with Crippen LogP contribution in [0.25, 0.3) is 0 Å². The van der Waals surface area contributed by atoms with Crippen LogP contribution in [0.15, 0.2) is 18.2 Å². The molecule has 0 bridgehead atoms. The summed E-state index contributed by atoms with van der Waals surface area (Å²) in [6.07, 6.45) is -4.07. The molecule has 1 aromatic rings. The number of benzene rings is 1. The molecule has 16 heavy (non-hydrogen) atoms. The summed E-state index contributed by atoms with van der Waals surface area (Å²) in [6, 6.07) is 3.08. The molecule has 0 aromatic heterocycles. The maximum atomic E-state index is 13.2. The number of hydrogen-bond donors (Lipinski definition) is 0. The van der Waals surface area contributed by atoms with Crippen LogP contribution in [0.4, 0.5) is 17.6 Å². The first-order chi connectivity index (χ1) is 7.34. The molecule has 0 aliphatic carbocycles. The third-order valence-corrected chi connectivity index (χ3v) is 3.29. The minimum atomic E-state index is -4.62. The molecule has 0 saturated carbocycles. The van der Waals surface area contributed by atoms with Crippen LogP contribution in [0.3, 0.4) is 0 Å². The van der Waals surface area contributed by atoms with Gasteiger partial charge in [0.15, 0.2) is 0 Å². The van der Waals surface area contributed by atoms with E-state index in [0.29, 0.717) is 12.0 Å². The Labute approximate surface area is 99.8 Å². The van der Waals surface area contributed by atoms with Crippen molar-refractivity contribution in [2.24, 2.45) is 5.92 Å². The Balaban J connectivity index is 2.91. The second-order valence-electron chi connectivity index (χ2n) is 3.78. The normalized spacial score (nSPS) is 13.9. The molecule has 0 fully saturated rings. The van der Waals surface area contributed by atoms with Crippen molar-refractivity contribution in [3.63, 3.8) is 0 Å². The fourth-order valence-electron chi connectivity index (χ4n) is 1.37. The van der Waals surface area contributed by atoms with Crippen LogP contribution in [-0.4, -0.2) is 5.33 Å². The van der Waals surface area contributed by atoms with Crippen LogP contribution in [0.5, 0.6) is 0 Å². The second kappa shape index (κ2) is 5.17. The first kappa shape index (κ1) is 13.5. The van der Waals surface area contributed by atoms with Gasteiger partial charge in [0.2, 0.25) is 0 Å². The first-order valence-electron chi connectivity index (χ1n) is 4.76. The summed E-state index contributed by atoms with van der Waals surface area (Å²) in [6.45, 7) is 1.93. The highest BCUT2D eigenvalue weighted by molar-refractivity contribution is 9.09. The minimum absolute atomic E-state index is 0.260. The number of halogens is 5. The summed E-state index contributed by atoms with van der Waals surface area (Å²) in [5.74, 6) is -0.942. The van der Waals surface area contributed by atoms with E-state index in [1.807, 2.05) is 6.92 Å². The van der Waals surface area contributed by atoms with E-state index in [-0.39, 0.29) is 5.92 Å². The molecule has 1 aromatic carbocycles.